The van der Waals surface area contributed by atoms with Crippen LogP contribution in [0.2, 0.25) is 0 Å². The summed E-state index contributed by atoms with van der Waals surface area (Å²) in [6, 6.07) is 14.1. The van der Waals surface area contributed by atoms with Crippen molar-refractivity contribution in [3.8, 4) is 0 Å². The number of hydrogen-bond acceptors (Lipinski definition) is 4. The zero-order valence-electron chi connectivity index (χ0n) is 14.0. The van der Waals surface area contributed by atoms with Crippen molar-refractivity contribution < 1.29 is 14.4 Å². The third-order valence-electron chi connectivity index (χ3n) is 4.30. The predicted octanol–water partition coefficient (Wildman–Crippen LogP) is 2.78. The SMILES string of the molecule is Cc1cc(NC(=O)CN2C(=O)c3ccccc3C2=O)c2ncccc2c1. The van der Waals surface area contributed by atoms with E-state index in [-0.39, 0.29) is 6.54 Å². The summed E-state index contributed by atoms with van der Waals surface area (Å²) in [6.45, 7) is 1.58. The number of nitrogens with one attached hydrogen (secondary N) is 1. The summed E-state index contributed by atoms with van der Waals surface area (Å²) in [5, 5.41) is 3.68. The molecule has 1 aromatic heterocycles. The average molecular weight is 345 g/mol. The number of benzene rings is 2. The van der Waals surface area contributed by atoms with E-state index >= 15 is 0 Å². The van der Waals surface area contributed by atoms with Crippen molar-refractivity contribution in [2.45, 2.75) is 6.92 Å². The average Bonchev–Trinajstić information content (AvgIpc) is 2.87. The number of rotatable bonds is 3. The lowest BCUT2D eigenvalue weighted by atomic mass is 10.1. The number of imide groups is 1. The third kappa shape index (κ3) is 2.61. The second kappa shape index (κ2) is 6.07. The van der Waals surface area contributed by atoms with Crippen molar-refractivity contribution >= 4 is 34.3 Å². The maximum absolute atomic E-state index is 12.5. The zero-order valence-corrected chi connectivity index (χ0v) is 14.0. The van der Waals surface area contributed by atoms with Gasteiger partial charge < -0.3 is 5.32 Å². The number of nitrogens with zero attached hydrogens (tertiary/aromatic N) is 2. The first kappa shape index (κ1) is 16.0. The molecule has 0 saturated heterocycles. The van der Waals surface area contributed by atoms with E-state index in [9.17, 15) is 14.4 Å². The lowest BCUT2D eigenvalue weighted by molar-refractivity contribution is -0.116. The smallest absolute Gasteiger partial charge is 0.262 e. The second-order valence-corrected chi connectivity index (χ2v) is 6.18. The molecule has 6 nitrogen and oxygen atoms in total. The molecule has 1 aliphatic heterocycles. The molecule has 1 aliphatic rings. The molecular weight excluding hydrogens is 330 g/mol. The Hall–Kier alpha value is -3.54. The minimum absolute atomic E-state index is 0.327. The van der Waals surface area contributed by atoms with Gasteiger partial charge in [-0.3, -0.25) is 24.3 Å². The minimum atomic E-state index is -0.451. The largest absolute Gasteiger partial charge is 0.323 e. The summed E-state index contributed by atoms with van der Waals surface area (Å²) < 4.78 is 0. The monoisotopic (exact) mass is 345 g/mol. The highest BCUT2D eigenvalue weighted by molar-refractivity contribution is 6.22. The van der Waals surface area contributed by atoms with Gasteiger partial charge in [0, 0.05) is 11.6 Å². The van der Waals surface area contributed by atoms with Crippen LogP contribution in [0.5, 0.6) is 0 Å². The topological polar surface area (TPSA) is 79.4 Å². The molecule has 3 aromatic rings. The Morgan fingerprint density at radius 2 is 1.73 bits per heavy atom. The third-order valence-corrected chi connectivity index (χ3v) is 4.30. The molecule has 0 aliphatic carbocycles. The number of anilines is 1. The van der Waals surface area contributed by atoms with E-state index in [0.717, 1.165) is 15.8 Å². The molecule has 0 spiro atoms. The molecule has 3 amide bonds. The molecule has 2 aromatic carbocycles. The quantitative estimate of drug-likeness (QED) is 0.740. The Morgan fingerprint density at radius 3 is 2.42 bits per heavy atom. The number of aryl methyl sites for hydroxylation is 1. The number of aromatic nitrogens is 1. The number of pyridine rings is 1. The molecule has 128 valence electrons. The first-order chi connectivity index (χ1) is 12.5. The van der Waals surface area contributed by atoms with Gasteiger partial charge in [0.2, 0.25) is 5.91 Å². The Labute approximate surface area is 149 Å². The van der Waals surface area contributed by atoms with Crippen LogP contribution in [0.25, 0.3) is 10.9 Å². The molecule has 0 radical (unpaired) electrons. The molecule has 6 heteroatoms. The van der Waals surface area contributed by atoms with Crippen molar-refractivity contribution in [3.63, 3.8) is 0 Å². The Balaban J connectivity index is 1.58. The fourth-order valence-electron chi connectivity index (χ4n) is 3.15. The number of carbonyl (C=O) groups is 3. The number of hydrogen-bond donors (Lipinski definition) is 1. The lowest BCUT2D eigenvalue weighted by Crippen LogP contribution is -2.37. The van der Waals surface area contributed by atoms with Crippen LogP contribution in [0.1, 0.15) is 26.3 Å². The summed E-state index contributed by atoms with van der Waals surface area (Å²) in [4.78, 5) is 42.5. The van der Waals surface area contributed by atoms with Gasteiger partial charge in [0.05, 0.1) is 22.3 Å². The van der Waals surface area contributed by atoms with Crippen molar-refractivity contribution in [1.82, 2.24) is 9.88 Å². The van der Waals surface area contributed by atoms with E-state index in [2.05, 4.69) is 10.3 Å². The van der Waals surface area contributed by atoms with Gasteiger partial charge in [0.25, 0.3) is 11.8 Å². The van der Waals surface area contributed by atoms with Gasteiger partial charge in [0.15, 0.2) is 0 Å². The molecule has 26 heavy (non-hydrogen) atoms. The lowest BCUT2D eigenvalue weighted by Gasteiger charge is -2.14. The number of fused-ring (bicyclic) bond motifs is 2. The highest BCUT2D eigenvalue weighted by Gasteiger charge is 2.36. The first-order valence-corrected chi connectivity index (χ1v) is 8.15. The van der Waals surface area contributed by atoms with Crippen LogP contribution >= 0.6 is 0 Å². The van der Waals surface area contributed by atoms with Gasteiger partial charge in [-0.25, -0.2) is 0 Å². The van der Waals surface area contributed by atoms with Gasteiger partial charge in [-0.05, 0) is 42.8 Å². The number of carbonyl (C=O) groups excluding carboxylic acids is 3. The molecule has 0 bridgehead atoms. The maximum Gasteiger partial charge on any atom is 0.262 e. The van der Waals surface area contributed by atoms with Crippen LogP contribution in [0.15, 0.2) is 54.7 Å². The fraction of sp³-hybridized carbons (Fsp3) is 0.100. The van der Waals surface area contributed by atoms with Gasteiger partial charge in [0.1, 0.15) is 6.54 Å². The van der Waals surface area contributed by atoms with Crippen LogP contribution in [-0.4, -0.2) is 34.2 Å². The molecular formula is C20H15N3O3. The van der Waals surface area contributed by atoms with Crippen LogP contribution in [0.3, 0.4) is 0 Å². The van der Waals surface area contributed by atoms with Crippen molar-refractivity contribution in [3.05, 3.63) is 71.4 Å². The van der Waals surface area contributed by atoms with E-state index < -0.39 is 17.7 Å². The van der Waals surface area contributed by atoms with Gasteiger partial charge >= 0.3 is 0 Å². The summed E-state index contributed by atoms with van der Waals surface area (Å²) in [5.74, 6) is -1.35. The standard InChI is InChI=1S/C20H15N3O3/c1-12-9-13-5-4-8-21-18(13)16(10-12)22-17(24)11-23-19(25)14-6-2-3-7-15(14)20(23)26/h2-10H,11H2,1H3,(H,22,24). The van der Waals surface area contributed by atoms with E-state index in [4.69, 9.17) is 0 Å². The van der Waals surface area contributed by atoms with Crippen molar-refractivity contribution in [2.24, 2.45) is 0 Å². The molecule has 0 saturated carbocycles. The maximum atomic E-state index is 12.5. The summed E-state index contributed by atoms with van der Waals surface area (Å²) in [6.07, 6.45) is 1.65. The van der Waals surface area contributed by atoms with Gasteiger partial charge in [-0.1, -0.05) is 18.2 Å². The van der Waals surface area contributed by atoms with Gasteiger partial charge in [-0.2, -0.15) is 0 Å². The molecule has 0 unspecified atom stereocenters. The molecule has 2 heterocycles. The van der Waals surface area contributed by atoms with E-state index in [1.54, 1.807) is 30.5 Å². The molecule has 4 rings (SSSR count). The van der Waals surface area contributed by atoms with Crippen LogP contribution in [-0.2, 0) is 4.79 Å². The Morgan fingerprint density at radius 1 is 1.04 bits per heavy atom. The van der Waals surface area contributed by atoms with Crippen molar-refractivity contribution in [2.75, 3.05) is 11.9 Å². The van der Waals surface area contributed by atoms with E-state index in [1.807, 2.05) is 31.2 Å². The molecule has 0 atom stereocenters. The summed E-state index contributed by atoms with van der Waals surface area (Å²) in [7, 11) is 0. The first-order valence-electron chi connectivity index (χ1n) is 8.15. The van der Waals surface area contributed by atoms with Crippen LogP contribution in [0.4, 0.5) is 5.69 Å². The van der Waals surface area contributed by atoms with E-state index in [1.165, 1.54) is 0 Å². The van der Waals surface area contributed by atoms with Crippen LogP contribution < -0.4 is 5.32 Å². The highest BCUT2D eigenvalue weighted by Crippen LogP contribution is 2.25. The molecule has 1 N–H and O–H groups in total. The highest BCUT2D eigenvalue weighted by atomic mass is 16.2. The Kier molecular flexibility index (Phi) is 3.73. The Bertz CT molecular complexity index is 1040. The zero-order chi connectivity index (χ0) is 18.3. The van der Waals surface area contributed by atoms with Crippen molar-refractivity contribution in [1.29, 1.82) is 0 Å². The fourth-order valence-corrected chi connectivity index (χ4v) is 3.15. The second-order valence-electron chi connectivity index (χ2n) is 6.18. The number of amides is 3. The normalized spacial score (nSPS) is 13.2. The summed E-state index contributed by atoms with van der Waals surface area (Å²) in [5.41, 5.74) is 2.85. The molecule has 0 fully saturated rings. The minimum Gasteiger partial charge on any atom is -0.323 e. The summed E-state index contributed by atoms with van der Waals surface area (Å²) >= 11 is 0. The van der Waals surface area contributed by atoms with Crippen LogP contribution in [0, 0.1) is 6.92 Å². The van der Waals surface area contributed by atoms with E-state index in [0.29, 0.717) is 22.3 Å². The predicted molar refractivity (Wildman–Crippen MR) is 96.9 cm³/mol. The van der Waals surface area contributed by atoms with Gasteiger partial charge in [-0.15, -0.1) is 0 Å².